The minimum Gasteiger partial charge on any atom is -0.464 e. The SMILES string of the molecule is CCOC(=O)[C@@H]1O[C@H]1C(=O)N[C@@H](Cc1cscn1)C(=O)Nc1nc(-c2ccc(F)cc2)cs1. The summed E-state index contributed by atoms with van der Waals surface area (Å²) < 4.78 is 23.1. The van der Waals surface area contributed by atoms with Crippen LogP contribution in [0.25, 0.3) is 11.3 Å². The van der Waals surface area contributed by atoms with Crippen molar-refractivity contribution in [3.8, 4) is 11.3 Å². The number of esters is 1. The minimum atomic E-state index is -1.00. The van der Waals surface area contributed by atoms with Crippen LogP contribution in [0.5, 0.6) is 0 Å². The highest BCUT2D eigenvalue weighted by atomic mass is 32.1. The molecule has 0 unspecified atom stereocenters. The fourth-order valence-electron chi connectivity index (χ4n) is 3.00. The fraction of sp³-hybridized carbons (Fsp3) is 0.286. The molecule has 0 aliphatic carbocycles. The smallest absolute Gasteiger partial charge is 0.338 e. The second-order valence-corrected chi connectivity index (χ2v) is 8.59. The maximum Gasteiger partial charge on any atom is 0.338 e. The van der Waals surface area contributed by atoms with Gasteiger partial charge in [0.1, 0.15) is 11.9 Å². The highest BCUT2D eigenvalue weighted by Gasteiger charge is 2.52. The topological polar surface area (TPSA) is 123 Å². The molecule has 2 amide bonds. The van der Waals surface area contributed by atoms with E-state index < -0.39 is 36.0 Å². The van der Waals surface area contributed by atoms with E-state index in [1.807, 2.05) is 0 Å². The molecule has 33 heavy (non-hydrogen) atoms. The number of anilines is 1. The quantitative estimate of drug-likeness (QED) is 0.349. The van der Waals surface area contributed by atoms with Gasteiger partial charge in [0, 0.05) is 22.7 Å². The number of benzene rings is 1. The van der Waals surface area contributed by atoms with E-state index in [9.17, 15) is 18.8 Å². The van der Waals surface area contributed by atoms with E-state index in [0.717, 1.165) is 0 Å². The number of ether oxygens (including phenoxy) is 2. The first kappa shape index (κ1) is 23.0. The van der Waals surface area contributed by atoms with Crippen molar-refractivity contribution in [2.24, 2.45) is 0 Å². The molecule has 0 spiro atoms. The summed E-state index contributed by atoms with van der Waals surface area (Å²) in [6, 6.07) is 4.88. The van der Waals surface area contributed by atoms with Crippen molar-refractivity contribution >= 4 is 45.6 Å². The summed E-state index contributed by atoms with van der Waals surface area (Å²) in [5.74, 6) is -2.05. The zero-order valence-corrected chi connectivity index (χ0v) is 19.0. The van der Waals surface area contributed by atoms with Crippen LogP contribution in [0.4, 0.5) is 9.52 Å². The molecule has 1 aromatic carbocycles. The maximum absolute atomic E-state index is 13.1. The number of carbonyl (C=O) groups is 3. The van der Waals surface area contributed by atoms with E-state index in [0.29, 0.717) is 22.1 Å². The van der Waals surface area contributed by atoms with Crippen LogP contribution in [0.3, 0.4) is 0 Å². The Hall–Kier alpha value is -3.22. The van der Waals surface area contributed by atoms with Crippen molar-refractivity contribution in [2.75, 3.05) is 11.9 Å². The molecule has 2 N–H and O–H groups in total. The standard InChI is InChI=1S/C21H19FN4O5S2/c1-2-30-20(29)17-16(31-17)19(28)24-14(7-13-8-32-10-23-13)18(27)26-21-25-15(9-33-21)11-3-5-12(22)6-4-11/h3-6,8-10,14,16-17H,2,7H2,1H3,(H,24,28)(H,25,26,27)/t14-,16+,17+/m0/s1. The predicted octanol–water partition coefficient (Wildman–Crippen LogP) is 2.40. The lowest BCUT2D eigenvalue weighted by Gasteiger charge is -2.16. The van der Waals surface area contributed by atoms with Crippen LogP contribution in [0.2, 0.25) is 0 Å². The van der Waals surface area contributed by atoms with Gasteiger partial charge in [0.05, 0.1) is 23.5 Å². The first-order valence-electron chi connectivity index (χ1n) is 9.96. The molecule has 1 saturated heterocycles. The van der Waals surface area contributed by atoms with Gasteiger partial charge in [0.2, 0.25) is 5.91 Å². The summed E-state index contributed by atoms with van der Waals surface area (Å²) >= 11 is 2.57. The van der Waals surface area contributed by atoms with Crippen molar-refractivity contribution in [1.82, 2.24) is 15.3 Å². The van der Waals surface area contributed by atoms with E-state index in [1.165, 1.54) is 34.8 Å². The first-order chi connectivity index (χ1) is 15.9. The van der Waals surface area contributed by atoms with Gasteiger partial charge in [-0.15, -0.1) is 22.7 Å². The van der Waals surface area contributed by atoms with Crippen molar-refractivity contribution in [2.45, 2.75) is 31.6 Å². The predicted molar refractivity (Wildman–Crippen MR) is 119 cm³/mol. The number of hydrogen-bond donors (Lipinski definition) is 2. The molecule has 2 aromatic heterocycles. The van der Waals surface area contributed by atoms with Gasteiger partial charge in [-0.2, -0.15) is 0 Å². The van der Waals surface area contributed by atoms with Crippen LogP contribution in [0.1, 0.15) is 12.6 Å². The van der Waals surface area contributed by atoms with Gasteiger partial charge in [-0.05, 0) is 31.2 Å². The average molecular weight is 491 g/mol. The number of aromatic nitrogens is 2. The largest absolute Gasteiger partial charge is 0.464 e. The lowest BCUT2D eigenvalue weighted by molar-refractivity contribution is -0.144. The summed E-state index contributed by atoms with van der Waals surface area (Å²) in [4.78, 5) is 45.8. The van der Waals surface area contributed by atoms with Gasteiger partial charge < -0.3 is 20.1 Å². The van der Waals surface area contributed by atoms with Crippen LogP contribution < -0.4 is 10.6 Å². The zero-order chi connectivity index (χ0) is 23.4. The molecular formula is C21H19FN4O5S2. The molecule has 4 rings (SSSR count). The Balaban J connectivity index is 1.42. The summed E-state index contributed by atoms with van der Waals surface area (Å²) in [5, 5.41) is 9.16. The highest BCUT2D eigenvalue weighted by Crippen LogP contribution is 2.26. The van der Waals surface area contributed by atoms with Crippen LogP contribution >= 0.6 is 22.7 Å². The van der Waals surface area contributed by atoms with Crippen LogP contribution in [-0.2, 0) is 30.3 Å². The number of carbonyl (C=O) groups excluding carboxylic acids is 3. The first-order valence-corrected chi connectivity index (χ1v) is 11.8. The fourth-order valence-corrected chi connectivity index (χ4v) is 4.30. The van der Waals surface area contributed by atoms with Gasteiger partial charge in [0.25, 0.3) is 5.91 Å². The molecule has 1 aliphatic rings. The van der Waals surface area contributed by atoms with E-state index in [2.05, 4.69) is 20.6 Å². The Morgan fingerprint density at radius 1 is 1.21 bits per heavy atom. The van der Waals surface area contributed by atoms with Crippen LogP contribution in [-0.4, -0.2) is 52.6 Å². The number of nitrogens with one attached hydrogen (secondary N) is 2. The monoisotopic (exact) mass is 490 g/mol. The lowest BCUT2D eigenvalue weighted by Crippen LogP contribution is -2.47. The Morgan fingerprint density at radius 2 is 2.00 bits per heavy atom. The molecule has 0 radical (unpaired) electrons. The molecular weight excluding hydrogens is 471 g/mol. The number of thiazole rings is 2. The van der Waals surface area contributed by atoms with Gasteiger partial charge in [0.15, 0.2) is 17.3 Å². The molecule has 0 saturated carbocycles. The molecule has 3 heterocycles. The third kappa shape index (κ3) is 5.78. The number of halogens is 1. The minimum absolute atomic E-state index is 0.147. The molecule has 1 aliphatic heterocycles. The number of epoxide rings is 1. The number of hydrogen-bond acceptors (Lipinski definition) is 9. The van der Waals surface area contributed by atoms with E-state index in [4.69, 9.17) is 9.47 Å². The van der Waals surface area contributed by atoms with Gasteiger partial charge in [-0.1, -0.05) is 0 Å². The van der Waals surface area contributed by atoms with Crippen LogP contribution in [0.15, 0.2) is 40.5 Å². The lowest BCUT2D eigenvalue weighted by atomic mass is 10.1. The number of amides is 2. The summed E-state index contributed by atoms with van der Waals surface area (Å²) in [5.41, 5.74) is 3.54. The Labute approximate surface area is 196 Å². The van der Waals surface area contributed by atoms with Crippen molar-refractivity contribution in [3.05, 3.63) is 52.0 Å². The average Bonchev–Trinajstić information content (AvgIpc) is 3.19. The normalized spacial score (nSPS) is 17.8. The number of rotatable bonds is 9. The Morgan fingerprint density at radius 3 is 2.70 bits per heavy atom. The third-order valence-electron chi connectivity index (χ3n) is 4.67. The van der Waals surface area contributed by atoms with E-state index in [-0.39, 0.29) is 18.8 Å². The van der Waals surface area contributed by atoms with Crippen LogP contribution in [0, 0.1) is 5.82 Å². The van der Waals surface area contributed by atoms with E-state index >= 15 is 0 Å². The second kappa shape index (κ2) is 10.1. The molecule has 172 valence electrons. The zero-order valence-electron chi connectivity index (χ0n) is 17.3. The molecule has 0 bridgehead atoms. The molecule has 12 heteroatoms. The molecule has 3 atom stereocenters. The van der Waals surface area contributed by atoms with Crippen molar-refractivity contribution in [3.63, 3.8) is 0 Å². The number of nitrogens with zero attached hydrogens (tertiary/aromatic N) is 2. The molecule has 3 aromatic rings. The summed E-state index contributed by atoms with van der Waals surface area (Å²) in [6.07, 6.45) is -1.82. The molecule has 9 nitrogen and oxygen atoms in total. The Kier molecular flexibility index (Phi) is 7.06. The molecule has 1 fully saturated rings. The van der Waals surface area contributed by atoms with E-state index in [1.54, 1.807) is 35.3 Å². The van der Waals surface area contributed by atoms with Gasteiger partial charge in [-0.3, -0.25) is 9.59 Å². The van der Waals surface area contributed by atoms with Crippen molar-refractivity contribution < 1.29 is 28.2 Å². The summed E-state index contributed by atoms with van der Waals surface area (Å²) in [6.45, 7) is 1.83. The van der Waals surface area contributed by atoms with Crippen molar-refractivity contribution in [1.29, 1.82) is 0 Å². The van der Waals surface area contributed by atoms with Gasteiger partial charge in [-0.25, -0.2) is 19.2 Å². The highest BCUT2D eigenvalue weighted by molar-refractivity contribution is 7.14. The Bertz CT molecular complexity index is 1140. The maximum atomic E-state index is 13.1. The third-order valence-corrected chi connectivity index (χ3v) is 6.07. The second-order valence-electron chi connectivity index (χ2n) is 7.01. The van der Waals surface area contributed by atoms with Gasteiger partial charge >= 0.3 is 5.97 Å². The summed E-state index contributed by atoms with van der Waals surface area (Å²) in [7, 11) is 0.